The molecule has 4 nitrogen and oxygen atoms in total. The third kappa shape index (κ3) is 11.6. The zero-order valence-electron chi connectivity index (χ0n) is 26.6. The van der Waals surface area contributed by atoms with E-state index in [1.165, 1.54) is 33.0 Å². The van der Waals surface area contributed by atoms with Gasteiger partial charge in [-0.15, -0.1) is 0 Å². The molecule has 42 heavy (non-hydrogen) atoms. The van der Waals surface area contributed by atoms with E-state index in [9.17, 15) is 0 Å². The van der Waals surface area contributed by atoms with Crippen LogP contribution < -0.4 is 18.9 Å². The molecule has 0 aliphatic rings. The van der Waals surface area contributed by atoms with E-state index >= 15 is 0 Å². The lowest BCUT2D eigenvalue weighted by Gasteiger charge is -2.05. The van der Waals surface area contributed by atoms with E-state index in [4.69, 9.17) is 18.9 Å². The van der Waals surface area contributed by atoms with Crippen LogP contribution in [-0.2, 0) is 0 Å². The highest BCUT2D eigenvalue weighted by atomic mass is 16.5. The van der Waals surface area contributed by atoms with Crippen molar-refractivity contribution in [1.29, 1.82) is 0 Å². The summed E-state index contributed by atoms with van der Waals surface area (Å²) in [7, 11) is 6.72. The van der Waals surface area contributed by atoms with Crippen molar-refractivity contribution in [3.05, 3.63) is 131 Å². The summed E-state index contributed by atoms with van der Waals surface area (Å²) in [6.45, 7) is 10.6. The number of fused-ring (bicyclic) bond motifs is 1. The first-order chi connectivity index (χ1) is 20.2. The smallest absolute Gasteiger partial charge is 0.119 e. The van der Waals surface area contributed by atoms with Gasteiger partial charge < -0.3 is 18.9 Å². The summed E-state index contributed by atoms with van der Waals surface area (Å²) in [5.41, 5.74) is 5.15. The summed E-state index contributed by atoms with van der Waals surface area (Å²) in [6.07, 6.45) is 0. The van der Waals surface area contributed by atoms with Crippen LogP contribution in [0.25, 0.3) is 10.8 Å². The van der Waals surface area contributed by atoms with Gasteiger partial charge in [0.05, 0.1) is 28.4 Å². The molecule has 0 spiro atoms. The van der Waals surface area contributed by atoms with E-state index in [1.54, 1.807) is 28.4 Å². The standard InChI is InChI=1S/C12H12O.C10H14O.2C8H10O/c1-9-4-3-5-10-8-11(13-2)6-7-12(9)10;1-8(2)9-4-6-10(11-3)7-5-9;1-7-3-5-8(9-2)6-4-7;1-7-4-3-5-8(6-7)9-2/h3-8H,1-2H3;4-8H,1-3H3;2*3-6H,1-2H3. The number of benzene rings is 5. The molecule has 0 heterocycles. The quantitative estimate of drug-likeness (QED) is 0.212. The fraction of sp³-hybridized carbons (Fsp3) is 0.263. The van der Waals surface area contributed by atoms with Crippen molar-refractivity contribution in [1.82, 2.24) is 0 Å². The zero-order chi connectivity index (χ0) is 30.9. The normalized spacial score (nSPS) is 9.76. The lowest BCUT2D eigenvalue weighted by molar-refractivity contribution is 0.414. The van der Waals surface area contributed by atoms with Gasteiger partial charge in [0.25, 0.3) is 0 Å². The number of methoxy groups -OCH3 is 4. The van der Waals surface area contributed by atoms with Crippen molar-refractivity contribution in [2.24, 2.45) is 0 Å². The third-order valence-corrected chi connectivity index (χ3v) is 6.57. The van der Waals surface area contributed by atoms with Gasteiger partial charge >= 0.3 is 0 Å². The molecule has 5 aromatic carbocycles. The van der Waals surface area contributed by atoms with Crippen molar-refractivity contribution >= 4 is 10.8 Å². The van der Waals surface area contributed by atoms with Crippen LogP contribution in [0.4, 0.5) is 0 Å². The first kappa shape index (κ1) is 33.8. The van der Waals surface area contributed by atoms with Crippen LogP contribution in [0.2, 0.25) is 0 Å². The Labute approximate surface area is 252 Å². The Morgan fingerprint density at radius 2 is 0.952 bits per heavy atom. The summed E-state index contributed by atoms with van der Waals surface area (Å²) < 4.78 is 20.2. The molecule has 4 heteroatoms. The number of hydrogen-bond donors (Lipinski definition) is 0. The van der Waals surface area contributed by atoms with E-state index in [2.05, 4.69) is 70.2 Å². The second kappa shape index (κ2) is 18.1. The van der Waals surface area contributed by atoms with Gasteiger partial charge in [-0.1, -0.05) is 80.1 Å². The lowest BCUT2D eigenvalue weighted by atomic mass is 10.0. The molecule has 5 rings (SSSR count). The molecule has 5 aromatic rings. The molecule has 0 aliphatic heterocycles. The monoisotopic (exact) mass is 566 g/mol. The highest BCUT2D eigenvalue weighted by Gasteiger charge is 1.98. The summed E-state index contributed by atoms with van der Waals surface area (Å²) in [5, 5.41) is 2.53. The Kier molecular flexibility index (Phi) is 14.5. The predicted molar refractivity (Wildman–Crippen MR) is 178 cm³/mol. The highest BCUT2D eigenvalue weighted by Crippen LogP contribution is 2.23. The fourth-order valence-electron chi connectivity index (χ4n) is 3.96. The average Bonchev–Trinajstić information content (AvgIpc) is 3.02. The number of ether oxygens (including phenoxy) is 4. The van der Waals surface area contributed by atoms with Crippen LogP contribution in [0.1, 0.15) is 42.0 Å². The Morgan fingerprint density at radius 1 is 0.452 bits per heavy atom. The molecule has 0 aromatic heterocycles. The molecular weight excluding hydrogens is 520 g/mol. The minimum absolute atomic E-state index is 0.598. The molecular formula is C38H46O4. The van der Waals surface area contributed by atoms with Gasteiger partial charge in [0.1, 0.15) is 23.0 Å². The van der Waals surface area contributed by atoms with Crippen LogP contribution in [0.3, 0.4) is 0 Å². The fourth-order valence-corrected chi connectivity index (χ4v) is 3.96. The van der Waals surface area contributed by atoms with Crippen LogP contribution in [0.15, 0.2) is 109 Å². The van der Waals surface area contributed by atoms with E-state index in [1.807, 2.05) is 73.7 Å². The highest BCUT2D eigenvalue weighted by molar-refractivity contribution is 5.86. The predicted octanol–water partition coefficient (Wildman–Crippen LogP) is 9.98. The Balaban J connectivity index is 0.000000198. The Hall–Kier alpha value is -4.44. The van der Waals surface area contributed by atoms with Gasteiger partial charge in [-0.3, -0.25) is 0 Å². The molecule has 0 N–H and O–H groups in total. The second-order valence-electron chi connectivity index (χ2n) is 10.1. The Bertz CT molecular complexity index is 1460. The topological polar surface area (TPSA) is 36.9 Å². The summed E-state index contributed by atoms with van der Waals surface area (Å²) >= 11 is 0. The van der Waals surface area contributed by atoms with Gasteiger partial charge in [0.15, 0.2) is 0 Å². The number of hydrogen-bond acceptors (Lipinski definition) is 4. The van der Waals surface area contributed by atoms with E-state index < -0.39 is 0 Å². The largest absolute Gasteiger partial charge is 0.497 e. The molecule has 0 atom stereocenters. The molecule has 222 valence electrons. The van der Waals surface area contributed by atoms with Crippen LogP contribution in [0, 0.1) is 20.8 Å². The Morgan fingerprint density at radius 3 is 1.45 bits per heavy atom. The molecule has 0 aliphatic carbocycles. The van der Waals surface area contributed by atoms with Crippen LogP contribution >= 0.6 is 0 Å². The molecule has 0 fully saturated rings. The minimum atomic E-state index is 0.598. The van der Waals surface area contributed by atoms with Crippen molar-refractivity contribution in [3.8, 4) is 23.0 Å². The summed E-state index contributed by atoms with van der Waals surface area (Å²) in [6, 6.07) is 36.6. The van der Waals surface area contributed by atoms with Crippen molar-refractivity contribution in [3.63, 3.8) is 0 Å². The van der Waals surface area contributed by atoms with Crippen LogP contribution in [-0.4, -0.2) is 28.4 Å². The summed E-state index contributed by atoms with van der Waals surface area (Å²) in [5.74, 6) is 4.28. The maximum Gasteiger partial charge on any atom is 0.119 e. The van der Waals surface area contributed by atoms with Gasteiger partial charge in [-0.2, -0.15) is 0 Å². The molecule has 0 amide bonds. The molecule has 0 unspecified atom stereocenters. The van der Waals surface area contributed by atoms with Crippen molar-refractivity contribution in [2.45, 2.75) is 40.5 Å². The first-order valence-corrected chi connectivity index (χ1v) is 14.1. The van der Waals surface area contributed by atoms with Gasteiger partial charge in [0.2, 0.25) is 0 Å². The minimum Gasteiger partial charge on any atom is -0.497 e. The number of aryl methyl sites for hydroxylation is 3. The van der Waals surface area contributed by atoms with Gasteiger partial charge in [-0.05, 0) is 103 Å². The zero-order valence-corrected chi connectivity index (χ0v) is 26.6. The van der Waals surface area contributed by atoms with Crippen molar-refractivity contribution < 1.29 is 18.9 Å². The molecule has 0 saturated carbocycles. The maximum absolute atomic E-state index is 5.16. The molecule has 0 radical (unpaired) electrons. The second-order valence-corrected chi connectivity index (χ2v) is 10.1. The first-order valence-electron chi connectivity index (χ1n) is 14.1. The maximum atomic E-state index is 5.16. The van der Waals surface area contributed by atoms with Gasteiger partial charge in [-0.25, -0.2) is 0 Å². The van der Waals surface area contributed by atoms with E-state index in [0.717, 1.165) is 23.0 Å². The summed E-state index contributed by atoms with van der Waals surface area (Å²) in [4.78, 5) is 0. The molecule has 0 bridgehead atoms. The average molecular weight is 567 g/mol. The van der Waals surface area contributed by atoms with Gasteiger partial charge in [0, 0.05) is 0 Å². The number of rotatable bonds is 5. The third-order valence-electron chi connectivity index (χ3n) is 6.57. The lowest BCUT2D eigenvalue weighted by Crippen LogP contribution is -1.87. The molecule has 0 saturated heterocycles. The van der Waals surface area contributed by atoms with Crippen molar-refractivity contribution in [2.75, 3.05) is 28.4 Å². The van der Waals surface area contributed by atoms with Crippen LogP contribution in [0.5, 0.6) is 23.0 Å². The van der Waals surface area contributed by atoms with E-state index in [0.29, 0.717) is 5.92 Å². The van der Waals surface area contributed by atoms with E-state index in [-0.39, 0.29) is 0 Å². The SMILES string of the molecule is COc1ccc(C(C)C)cc1.COc1ccc(C)cc1.COc1ccc2c(C)cccc2c1.COc1cccc(C)c1.